The van der Waals surface area contributed by atoms with Crippen molar-refractivity contribution in [2.75, 3.05) is 11.5 Å². The molecule has 5 unspecified atom stereocenters. The molecule has 15 heteroatoms. The predicted octanol–water partition coefficient (Wildman–Crippen LogP) is 1.86. The monoisotopic (exact) mass is 607 g/mol. The van der Waals surface area contributed by atoms with E-state index < -0.39 is 72.6 Å². The summed E-state index contributed by atoms with van der Waals surface area (Å²) >= 11 is 6.20. The van der Waals surface area contributed by atoms with Gasteiger partial charge >= 0.3 is 0 Å². The second kappa shape index (κ2) is 12.0. The number of ether oxygens (including phenoxy) is 1. The van der Waals surface area contributed by atoms with Crippen LogP contribution in [0.2, 0.25) is 5.02 Å². The van der Waals surface area contributed by atoms with Crippen LogP contribution in [0.1, 0.15) is 30.9 Å². The Morgan fingerprint density at radius 2 is 1.83 bits per heavy atom. The minimum Gasteiger partial charge on any atom is -0.394 e. The van der Waals surface area contributed by atoms with Gasteiger partial charge in [0.15, 0.2) is 23.6 Å². The molecule has 0 bridgehead atoms. The van der Waals surface area contributed by atoms with Crippen molar-refractivity contribution in [3.8, 4) is 17.3 Å². The number of anilines is 1. The van der Waals surface area contributed by atoms with Crippen molar-refractivity contribution in [1.29, 1.82) is 5.26 Å². The second-order valence-electron chi connectivity index (χ2n) is 10.2. The lowest BCUT2D eigenvalue weighted by atomic mass is 9.91. The van der Waals surface area contributed by atoms with Crippen molar-refractivity contribution in [2.45, 2.75) is 61.9 Å². The van der Waals surface area contributed by atoms with Gasteiger partial charge in [0.1, 0.15) is 30.0 Å². The number of carbonyl (C=O) groups is 1. The first kappa shape index (κ1) is 29.9. The van der Waals surface area contributed by atoms with Gasteiger partial charge in [0, 0.05) is 16.3 Å². The Labute approximate surface area is 241 Å². The number of aliphatic hydroxyl groups is 4. The number of amides is 1. The average molecular weight is 608 g/mol. The summed E-state index contributed by atoms with van der Waals surface area (Å²) in [5.74, 6) is -5.46. The number of halogens is 4. The van der Waals surface area contributed by atoms with Gasteiger partial charge in [0.2, 0.25) is 0 Å². The molecular formula is C27H25ClF3N5O6. The van der Waals surface area contributed by atoms with Crippen LogP contribution in [-0.4, -0.2) is 84.5 Å². The maximum Gasteiger partial charge on any atom is 0.259 e. The van der Waals surface area contributed by atoms with E-state index in [-0.39, 0.29) is 27.5 Å². The van der Waals surface area contributed by atoms with Crippen molar-refractivity contribution < 1.29 is 43.1 Å². The van der Waals surface area contributed by atoms with Crippen LogP contribution in [0.15, 0.2) is 36.5 Å². The van der Waals surface area contributed by atoms with E-state index >= 15 is 0 Å². The molecule has 222 valence electrons. The van der Waals surface area contributed by atoms with Gasteiger partial charge in [-0.3, -0.25) is 4.79 Å². The van der Waals surface area contributed by atoms with Crippen LogP contribution in [0.5, 0.6) is 0 Å². The van der Waals surface area contributed by atoms with E-state index in [1.165, 1.54) is 23.1 Å². The van der Waals surface area contributed by atoms with E-state index in [1.807, 2.05) is 6.07 Å². The summed E-state index contributed by atoms with van der Waals surface area (Å²) in [7, 11) is 0. The first-order valence-corrected chi connectivity index (χ1v) is 13.3. The molecule has 2 aliphatic rings. The first-order chi connectivity index (χ1) is 20.0. The summed E-state index contributed by atoms with van der Waals surface area (Å²) in [6.07, 6.45) is -5.02. The van der Waals surface area contributed by atoms with Crippen LogP contribution in [-0.2, 0) is 9.53 Å². The quantitative estimate of drug-likeness (QED) is 0.306. The minimum absolute atomic E-state index is 0.137. The first-order valence-electron chi connectivity index (χ1n) is 12.9. The Hall–Kier alpha value is -3.58. The van der Waals surface area contributed by atoms with Crippen molar-refractivity contribution >= 4 is 23.2 Å². The molecule has 1 aliphatic carbocycles. The fraction of sp³-hybridized carbons (Fsp3) is 0.407. The van der Waals surface area contributed by atoms with Gasteiger partial charge < -0.3 is 30.1 Å². The van der Waals surface area contributed by atoms with E-state index in [0.29, 0.717) is 31.4 Å². The number of carbonyl (C=O) groups excluding carboxylic acids is 1. The van der Waals surface area contributed by atoms with Crippen molar-refractivity contribution in [3.63, 3.8) is 0 Å². The van der Waals surface area contributed by atoms with Gasteiger partial charge in [-0.15, -0.1) is 5.10 Å². The molecule has 0 spiro atoms. The van der Waals surface area contributed by atoms with Crippen LogP contribution in [0.25, 0.3) is 11.3 Å². The molecule has 1 aromatic heterocycles. The molecule has 2 heterocycles. The Morgan fingerprint density at radius 3 is 2.45 bits per heavy atom. The molecule has 1 saturated carbocycles. The SMILES string of the molecule is N#Cc1cc(Cl)cc(N(C(=O)C2OC(CO)C(O)C(n3cc(-c4cc(F)c(F)c(F)c4)nn3)C2O)[C@H]2CCC[C@@H]2O)c1. The zero-order valence-corrected chi connectivity index (χ0v) is 22.4. The molecule has 2 fully saturated rings. The summed E-state index contributed by atoms with van der Waals surface area (Å²) in [6, 6.07) is 5.32. The van der Waals surface area contributed by atoms with Crippen molar-refractivity contribution in [1.82, 2.24) is 15.0 Å². The van der Waals surface area contributed by atoms with Gasteiger partial charge in [0.05, 0.1) is 36.6 Å². The third-order valence-electron chi connectivity index (χ3n) is 7.53. The lowest BCUT2D eigenvalue weighted by Crippen LogP contribution is -2.62. The molecule has 1 saturated heterocycles. The molecule has 2 aromatic carbocycles. The molecule has 0 radical (unpaired) electrons. The topological polar surface area (TPSA) is 165 Å². The number of nitriles is 1. The maximum atomic E-state index is 14.1. The fourth-order valence-corrected chi connectivity index (χ4v) is 5.73. The molecule has 11 nitrogen and oxygen atoms in total. The Balaban J connectivity index is 1.52. The van der Waals surface area contributed by atoms with Gasteiger partial charge in [-0.05, 0) is 49.6 Å². The normalized spacial score (nSPS) is 27.5. The minimum atomic E-state index is -1.82. The lowest BCUT2D eigenvalue weighted by molar-refractivity contribution is -0.205. The Morgan fingerprint density at radius 1 is 1.12 bits per heavy atom. The number of benzene rings is 2. The molecule has 3 aromatic rings. The molecule has 7 atom stereocenters. The van der Waals surface area contributed by atoms with Crippen LogP contribution < -0.4 is 4.90 Å². The molecule has 5 rings (SSSR count). The smallest absolute Gasteiger partial charge is 0.259 e. The number of rotatable bonds is 6. The number of hydrogen-bond acceptors (Lipinski definition) is 9. The molecule has 4 N–H and O–H groups in total. The highest BCUT2D eigenvalue weighted by Gasteiger charge is 2.51. The Kier molecular flexibility index (Phi) is 8.51. The third-order valence-corrected chi connectivity index (χ3v) is 7.75. The highest BCUT2D eigenvalue weighted by Crippen LogP contribution is 2.36. The number of nitrogens with zero attached hydrogens (tertiary/aromatic N) is 5. The van der Waals surface area contributed by atoms with Gasteiger partial charge in [-0.1, -0.05) is 16.8 Å². The summed E-state index contributed by atoms with van der Waals surface area (Å²) in [5.41, 5.74) is -0.0212. The summed E-state index contributed by atoms with van der Waals surface area (Å²) in [4.78, 5) is 15.3. The molecule has 42 heavy (non-hydrogen) atoms. The van der Waals surface area contributed by atoms with E-state index in [2.05, 4.69) is 10.3 Å². The van der Waals surface area contributed by atoms with E-state index in [1.54, 1.807) is 0 Å². The van der Waals surface area contributed by atoms with Crippen molar-refractivity contribution in [3.05, 3.63) is 64.6 Å². The van der Waals surface area contributed by atoms with Crippen LogP contribution in [0.3, 0.4) is 0 Å². The number of hydrogen-bond donors (Lipinski definition) is 4. The standard InChI is InChI=1S/C27H25ClF3N5O6/c28-14-4-12(9-32)5-15(8-14)36(19-2-1-3-20(19)38)27(41)26-25(40)23(24(39)21(11-37)42-26)35-10-18(33-34-35)13-6-16(29)22(31)17(30)7-13/h4-8,10,19-21,23-26,37-40H,1-3,11H2/t19-,20-,21?,23?,24?,25?,26?/m0/s1. The average Bonchev–Trinajstić information content (AvgIpc) is 3.61. The number of aliphatic hydroxyl groups excluding tert-OH is 4. The lowest BCUT2D eigenvalue weighted by Gasteiger charge is -2.43. The van der Waals surface area contributed by atoms with Gasteiger partial charge in [0.25, 0.3) is 5.91 Å². The molecule has 1 aliphatic heterocycles. The summed E-state index contributed by atoms with van der Waals surface area (Å²) in [6.45, 7) is -0.772. The Bertz CT molecular complexity index is 1510. The van der Waals surface area contributed by atoms with E-state index in [9.17, 15) is 43.7 Å². The van der Waals surface area contributed by atoms with Gasteiger partial charge in [-0.2, -0.15) is 5.26 Å². The highest BCUT2D eigenvalue weighted by molar-refractivity contribution is 6.31. The van der Waals surface area contributed by atoms with E-state index in [0.717, 1.165) is 10.9 Å². The summed E-state index contributed by atoms with van der Waals surface area (Å²) in [5, 5.41) is 60.2. The fourth-order valence-electron chi connectivity index (χ4n) is 5.50. The van der Waals surface area contributed by atoms with E-state index in [4.69, 9.17) is 16.3 Å². The van der Waals surface area contributed by atoms with Crippen LogP contribution >= 0.6 is 11.6 Å². The predicted molar refractivity (Wildman–Crippen MR) is 139 cm³/mol. The van der Waals surface area contributed by atoms with Crippen LogP contribution in [0, 0.1) is 28.8 Å². The zero-order chi connectivity index (χ0) is 30.3. The van der Waals surface area contributed by atoms with Crippen molar-refractivity contribution in [2.24, 2.45) is 0 Å². The molecular weight excluding hydrogens is 583 g/mol. The highest BCUT2D eigenvalue weighted by atomic mass is 35.5. The summed E-state index contributed by atoms with van der Waals surface area (Å²) < 4.78 is 47.7. The molecule has 1 amide bonds. The third kappa shape index (κ3) is 5.47. The number of aromatic nitrogens is 3. The van der Waals surface area contributed by atoms with Gasteiger partial charge in [-0.25, -0.2) is 17.9 Å². The van der Waals surface area contributed by atoms with Crippen LogP contribution in [0.4, 0.5) is 18.9 Å². The maximum absolute atomic E-state index is 14.1. The zero-order valence-electron chi connectivity index (χ0n) is 21.7. The second-order valence-corrected chi connectivity index (χ2v) is 10.6. The largest absolute Gasteiger partial charge is 0.394 e.